The molecule has 0 aliphatic carbocycles. The van der Waals surface area contributed by atoms with Crippen LogP contribution in [0.25, 0.3) is 0 Å². The van der Waals surface area contributed by atoms with Crippen molar-refractivity contribution < 1.29 is 9.60 Å². The number of amidine groups is 1. The van der Waals surface area contributed by atoms with E-state index in [2.05, 4.69) is 10.5 Å². The number of hydrogen-bond donors (Lipinski definition) is 3. The Kier molecular flexibility index (Phi) is 5.04. The third-order valence-corrected chi connectivity index (χ3v) is 4.47. The summed E-state index contributed by atoms with van der Waals surface area (Å²) in [5.74, 6) is 2.46. The number of nitrogens with two attached hydrogens (primary N) is 1. The molecule has 1 heterocycles. The van der Waals surface area contributed by atoms with Gasteiger partial charge in [0.05, 0.1) is 5.56 Å². The summed E-state index contributed by atoms with van der Waals surface area (Å²) in [7, 11) is 0. The molecule has 0 saturated carbocycles. The first-order valence-electron chi connectivity index (χ1n) is 6.26. The fraction of sp³-hybridized carbons (Fsp3) is 0.462. The summed E-state index contributed by atoms with van der Waals surface area (Å²) >= 11 is 1.97. The van der Waals surface area contributed by atoms with Gasteiger partial charge < -0.3 is 16.3 Å². The SMILES string of the molecule is N/C(=N/O)c1cccc(CNCC2CCSC2)c1F. The number of benzene rings is 1. The van der Waals surface area contributed by atoms with Crippen LogP contribution in [0.2, 0.25) is 0 Å². The quantitative estimate of drug-likeness (QED) is 0.333. The number of thioether (sulfide) groups is 1. The van der Waals surface area contributed by atoms with E-state index in [9.17, 15) is 4.39 Å². The molecule has 6 heteroatoms. The topological polar surface area (TPSA) is 70.6 Å². The molecular weight excluding hydrogens is 265 g/mol. The summed E-state index contributed by atoms with van der Waals surface area (Å²) in [6.45, 7) is 1.36. The van der Waals surface area contributed by atoms with Crippen LogP contribution in [-0.2, 0) is 6.54 Å². The number of rotatable bonds is 5. The Hall–Kier alpha value is -1.27. The number of halogens is 1. The Bertz CT molecular complexity index is 461. The van der Waals surface area contributed by atoms with E-state index in [1.807, 2.05) is 11.8 Å². The Morgan fingerprint density at radius 2 is 2.42 bits per heavy atom. The standard InChI is InChI=1S/C13H18FN3OS/c14-12-10(2-1-3-11(12)13(15)17-18)7-16-6-9-4-5-19-8-9/h1-3,9,16,18H,4-8H2,(H2,15,17). The summed E-state index contributed by atoms with van der Waals surface area (Å²) in [5.41, 5.74) is 6.10. The highest BCUT2D eigenvalue weighted by atomic mass is 32.2. The molecule has 1 saturated heterocycles. The van der Waals surface area contributed by atoms with E-state index in [0.29, 0.717) is 18.0 Å². The van der Waals surface area contributed by atoms with Crippen molar-refractivity contribution in [1.82, 2.24) is 5.32 Å². The molecule has 1 aromatic rings. The van der Waals surface area contributed by atoms with Crippen LogP contribution in [0.1, 0.15) is 17.5 Å². The van der Waals surface area contributed by atoms with Crippen molar-refractivity contribution in [2.24, 2.45) is 16.8 Å². The lowest BCUT2D eigenvalue weighted by molar-refractivity contribution is 0.318. The Morgan fingerprint density at radius 1 is 1.58 bits per heavy atom. The molecule has 1 atom stereocenters. The Morgan fingerprint density at radius 3 is 3.11 bits per heavy atom. The van der Waals surface area contributed by atoms with Gasteiger partial charge in [0.2, 0.25) is 0 Å². The minimum atomic E-state index is -0.425. The molecule has 0 aromatic heterocycles. The zero-order valence-corrected chi connectivity index (χ0v) is 11.4. The average Bonchev–Trinajstić information content (AvgIpc) is 2.93. The maximum Gasteiger partial charge on any atom is 0.173 e. The number of oxime groups is 1. The highest BCUT2D eigenvalue weighted by molar-refractivity contribution is 7.99. The molecule has 0 radical (unpaired) electrons. The van der Waals surface area contributed by atoms with E-state index in [-0.39, 0.29) is 11.4 Å². The van der Waals surface area contributed by atoms with Gasteiger partial charge >= 0.3 is 0 Å². The monoisotopic (exact) mass is 283 g/mol. The first-order valence-corrected chi connectivity index (χ1v) is 7.41. The van der Waals surface area contributed by atoms with Gasteiger partial charge in [0.15, 0.2) is 5.84 Å². The second-order valence-corrected chi connectivity index (χ2v) is 5.77. The number of nitrogens with zero attached hydrogens (tertiary/aromatic N) is 1. The average molecular weight is 283 g/mol. The first kappa shape index (κ1) is 14.1. The summed E-state index contributed by atoms with van der Waals surface area (Å²) in [4.78, 5) is 0. The van der Waals surface area contributed by atoms with Gasteiger partial charge in [0.1, 0.15) is 5.82 Å². The second-order valence-electron chi connectivity index (χ2n) is 4.62. The molecule has 19 heavy (non-hydrogen) atoms. The van der Waals surface area contributed by atoms with E-state index in [4.69, 9.17) is 10.9 Å². The van der Waals surface area contributed by atoms with Crippen LogP contribution < -0.4 is 11.1 Å². The summed E-state index contributed by atoms with van der Waals surface area (Å²) in [6, 6.07) is 4.92. The van der Waals surface area contributed by atoms with E-state index >= 15 is 0 Å². The van der Waals surface area contributed by atoms with Crippen molar-refractivity contribution in [3.8, 4) is 0 Å². The maximum atomic E-state index is 14.1. The lowest BCUT2D eigenvalue weighted by atomic mass is 10.1. The van der Waals surface area contributed by atoms with Gasteiger partial charge in [0.25, 0.3) is 0 Å². The number of hydrogen-bond acceptors (Lipinski definition) is 4. The zero-order chi connectivity index (χ0) is 13.7. The molecule has 0 amide bonds. The fourth-order valence-corrected chi connectivity index (χ4v) is 3.41. The van der Waals surface area contributed by atoms with Gasteiger partial charge in [-0.3, -0.25) is 0 Å². The van der Waals surface area contributed by atoms with Crippen molar-refractivity contribution in [1.29, 1.82) is 0 Å². The van der Waals surface area contributed by atoms with E-state index < -0.39 is 5.82 Å². The summed E-state index contributed by atoms with van der Waals surface area (Å²) in [5, 5.41) is 14.7. The van der Waals surface area contributed by atoms with Crippen LogP contribution in [0, 0.1) is 11.7 Å². The highest BCUT2D eigenvalue weighted by Crippen LogP contribution is 2.22. The lowest BCUT2D eigenvalue weighted by Gasteiger charge is -2.11. The molecule has 1 aliphatic rings. The van der Waals surface area contributed by atoms with Crippen LogP contribution in [0.15, 0.2) is 23.4 Å². The van der Waals surface area contributed by atoms with Crippen molar-refractivity contribution >= 4 is 17.6 Å². The molecule has 1 unspecified atom stereocenters. The fourth-order valence-electron chi connectivity index (χ4n) is 2.12. The van der Waals surface area contributed by atoms with Gasteiger partial charge in [0, 0.05) is 12.1 Å². The molecule has 1 fully saturated rings. The number of nitrogens with one attached hydrogen (secondary N) is 1. The summed E-state index contributed by atoms with van der Waals surface area (Å²) in [6.07, 6.45) is 1.23. The molecule has 104 valence electrons. The molecule has 4 nitrogen and oxygen atoms in total. The van der Waals surface area contributed by atoms with Crippen LogP contribution in [0.4, 0.5) is 4.39 Å². The van der Waals surface area contributed by atoms with Crippen molar-refractivity contribution in [3.05, 3.63) is 35.1 Å². The molecule has 2 rings (SSSR count). The summed E-state index contributed by atoms with van der Waals surface area (Å²) < 4.78 is 14.1. The van der Waals surface area contributed by atoms with Gasteiger partial charge in [-0.25, -0.2) is 4.39 Å². The molecule has 0 spiro atoms. The van der Waals surface area contributed by atoms with Crippen molar-refractivity contribution in [3.63, 3.8) is 0 Å². The van der Waals surface area contributed by atoms with Crippen molar-refractivity contribution in [2.75, 3.05) is 18.1 Å². The van der Waals surface area contributed by atoms with Gasteiger partial charge in [-0.15, -0.1) is 0 Å². The molecular formula is C13H18FN3OS. The Balaban J connectivity index is 1.96. The molecule has 1 aliphatic heterocycles. The van der Waals surface area contributed by atoms with Crippen LogP contribution in [0.5, 0.6) is 0 Å². The maximum absolute atomic E-state index is 14.1. The van der Waals surface area contributed by atoms with Gasteiger partial charge in [-0.05, 0) is 36.5 Å². The predicted octanol–water partition coefficient (Wildman–Crippen LogP) is 1.76. The minimum absolute atomic E-state index is 0.137. The van der Waals surface area contributed by atoms with Crippen molar-refractivity contribution in [2.45, 2.75) is 13.0 Å². The minimum Gasteiger partial charge on any atom is -0.409 e. The zero-order valence-electron chi connectivity index (χ0n) is 10.6. The molecule has 1 aromatic carbocycles. The smallest absolute Gasteiger partial charge is 0.173 e. The first-order chi connectivity index (χ1) is 9.22. The van der Waals surface area contributed by atoms with E-state index in [1.54, 1.807) is 12.1 Å². The van der Waals surface area contributed by atoms with E-state index in [0.717, 1.165) is 6.54 Å². The van der Waals surface area contributed by atoms with E-state index in [1.165, 1.54) is 24.0 Å². The van der Waals surface area contributed by atoms with Crippen LogP contribution in [0.3, 0.4) is 0 Å². The Labute approximate surface area is 116 Å². The van der Waals surface area contributed by atoms with Crippen LogP contribution in [-0.4, -0.2) is 29.1 Å². The highest BCUT2D eigenvalue weighted by Gasteiger charge is 2.15. The second kappa shape index (κ2) is 6.77. The normalized spacial score (nSPS) is 19.8. The van der Waals surface area contributed by atoms with Crippen LogP contribution >= 0.6 is 11.8 Å². The predicted molar refractivity (Wildman–Crippen MR) is 76.0 cm³/mol. The largest absolute Gasteiger partial charge is 0.409 e. The lowest BCUT2D eigenvalue weighted by Crippen LogP contribution is -2.23. The van der Waals surface area contributed by atoms with Gasteiger partial charge in [-0.1, -0.05) is 17.3 Å². The molecule has 4 N–H and O–H groups in total. The molecule has 0 bridgehead atoms. The van der Waals surface area contributed by atoms with Gasteiger partial charge in [-0.2, -0.15) is 11.8 Å². The third-order valence-electron chi connectivity index (χ3n) is 3.23. The third kappa shape index (κ3) is 3.61.